The van der Waals surface area contributed by atoms with Crippen LogP contribution in [0.1, 0.15) is 13.3 Å². The number of nitro groups is 1. The van der Waals surface area contributed by atoms with Crippen LogP contribution in [-0.2, 0) is 10.0 Å². The Kier molecular flexibility index (Phi) is 4.97. The molecule has 0 aliphatic carbocycles. The quantitative estimate of drug-likeness (QED) is 0.384. The van der Waals surface area contributed by atoms with Crippen LogP contribution in [0, 0.1) is 27.8 Å². The van der Waals surface area contributed by atoms with Gasteiger partial charge in [-0.15, -0.1) is 11.8 Å². The molecule has 0 amide bonds. The fourth-order valence-corrected chi connectivity index (χ4v) is 2.39. The molecule has 1 N–H and O–H groups in total. The van der Waals surface area contributed by atoms with Crippen LogP contribution in [0.15, 0.2) is 23.1 Å². The largest absolute Gasteiger partial charge is 0.270 e. The molecule has 0 radical (unpaired) electrons. The molecule has 6 nitrogen and oxygen atoms in total. The van der Waals surface area contributed by atoms with Crippen LogP contribution >= 0.6 is 0 Å². The number of hydrogen-bond acceptors (Lipinski definition) is 4. The van der Waals surface area contributed by atoms with Gasteiger partial charge < -0.3 is 0 Å². The summed E-state index contributed by atoms with van der Waals surface area (Å²) in [5.41, 5.74) is -0.491. The van der Waals surface area contributed by atoms with Crippen LogP contribution in [0.25, 0.3) is 0 Å². The van der Waals surface area contributed by atoms with Crippen molar-refractivity contribution in [2.45, 2.75) is 18.2 Å². The Morgan fingerprint density at radius 3 is 2.74 bits per heavy atom. The van der Waals surface area contributed by atoms with Gasteiger partial charge in [-0.1, -0.05) is 0 Å². The van der Waals surface area contributed by atoms with E-state index in [4.69, 9.17) is 0 Å². The SMILES string of the molecule is CC#CCCNS(=O)(=O)c1cc([N+](=O)[O-])ccc1F. The van der Waals surface area contributed by atoms with E-state index in [0.29, 0.717) is 6.07 Å². The summed E-state index contributed by atoms with van der Waals surface area (Å²) in [6.07, 6.45) is 0.270. The first-order chi connectivity index (χ1) is 8.88. The van der Waals surface area contributed by atoms with Gasteiger partial charge in [-0.3, -0.25) is 10.1 Å². The van der Waals surface area contributed by atoms with Crippen molar-refractivity contribution in [1.29, 1.82) is 0 Å². The molecular weight excluding hydrogens is 275 g/mol. The minimum atomic E-state index is -4.12. The Morgan fingerprint density at radius 1 is 1.47 bits per heavy atom. The van der Waals surface area contributed by atoms with E-state index in [1.54, 1.807) is 6.92 Å². The molecule has 0 aliphatic rings. The summed E-state index contributed by atoms with van der Waals surface area (Å²) in [6.45, 7) is 1.61. The Hall–Kier alpha value is -1.98. The molecule has 1 aromatic rings. The third-order valence-corrected chi connectivity index (χ3v) is 3.61. The smallest absolute Gasteiger partial charge is 0.258 e. The summed E-state index contributed by atoms with van der Waals surface area (Å²) in [5, 5.41) is 10.5. The van der Waals surface area contributed by atoms with Gasteiger partial charge in [0.25, 0.3) is 5.69 Å². The van der Waals surface area contributed by atoms with E-state index in [2.05, 4.69) is 16.6 Å². The number of hydrogen-bond donors (Lipinski definition) is 1. The maximum atomic E-state index is 13.4. The number of nitrogens with one attached hydrogen (secondary N) is 1. The van der Waals surface area contributed by atoms with Gasteiger partial charge in [0.05, 0.1) is 4.92 Å². The van der Waals surface area contributed by atoms with E-state index < -0.39 is 31.3 Å². The molecule has 1 rings (SSSR count). The Bertz CT molecular complexity index is 646. The van der Waals surface area contributed by atoms with Gasteiger partial charge in [0.1, 0.15) is 10.7 Å². The summed E-state index contributed by atoms with van der Waals surface area (Å²) in [6, 6.07) is 2.33. The second kappa shape index (κ2) is 6.26. The van der Waals surface area contributed by atoms with Crippen LogP contribution in [0.3, 0.4) is 0 Å². The van der Waals surface area contributed by atoms with Crippen molar-refractivity contribution >= 4 is 15.7 Å². The molecule has 0 aromatic heterocycles. The molecule has 0 unspecified atom stereocenters. The predicted octanol–water partition coefficient (Wildman–Crippen LogP) is 1.43. The van der Waals surface area contributed by atoms with E-state index in [-0.39, 0.29) is 13.0 Å². The monoisotopic (exact) mass is 286 g/mol. The minimum absolute atomic E-state index is 0.00526. The second-order valence-electron chi connectivity index (χ2n) is 3.45. The zero-order valence-electron chi connectivity index (χ0n) is 10.0. The topological polar surface area (TPSA) is 89.3 Å². The third-order valence-electron chi connectivity index (χ3n) is 2.13. The van der Waals surface area contributed by atoms with Gasteiger partial charge in [-0.05, 0) is 13.0 Å². The van der Waals surface area contributed by atoms with Crippen molar-refractivity contribution in [3.8, 4) is 11.8 Å². The molecule has 0 heterocycles. The minimum Gasteiger partial charge on any atom is -0.258 e. The number of rotatable bonds is 5. The standard InChI is InChI=1S/C11H11FN2O4S/c1-2-3-4-7-13-19(17,18)11-8-9(14(15)16)5-6-10(11)12/h5-6,8,13H,4,7H2,1H3. The third kappa shape index (κ3) is 4.01. The van der Waals surface area contributed by atoms with Gasteiger partial charge in [0.2, 0.25) is 10.0 Å². The van der Waals surface area contributed by atoms with Gasteiger partial charge >= 0.3 is 0 Å². The van der Waals surface area contributed by atoms with E-state index in [0.717, 1.165) is 12.1 Å². The van der Waals surface area contributed by atoms with Crippen molar-refractivity contribution in [3.63, 3.8) is 0 Å². The Labute approximate surface area is 109 Å². The molecule has 0 saturated carbocycles. The molecule has 0 aliphatic heterocycles. The molecule has 102 valence electrons. The van der Waals surface area contributed by atoms with Gasteiger partial charge in [0, 0.05) is 25.1 Å². The first kappa shape index (κ1) is 15.1. The molecule has 0 fully saturated rings. The fraction of sp³-hybridized carbons (Fsp3) is 0.273. The van der Waals surface area contributed by atoms with Gasteiger partial charge in [0.15, 0.2) is 0 Å². The molecule has 0 spiro atoms. The Morgan fingerprint density at radius 2 is 2.16 bits per heavy atom. The highest BCUT2D eigenvalue weighted by Gasteiger charge is 2.21. The number of nitro benzene ring substituents is 1. The summed E-state index contributed by atoms with van der Waals surface area (Å²) in [7, 11) is -4.12. The van der Waals surface area contributed by atoms with Crippen LogP contribution in [0.4, 0.5) is 10.1 Å². The molecule has 1 aromatic carbocycles. The highest BCUT2D eigenvalue weighted by molar-refractivity contribution is 7.89. The van der Waals surface area contributed by atoms with E-state index in [9.17, 15) is 22.9 Å². The highest BCUT2D eigenvalue weighted by atomic mass is 32.2. The predicted molar refractivity (Wildman–Crippen MR) is 66.3 cm³/mol. The van der Waals surface area contributed by atoms with Gasteiger partial charge in [-0.2, -0.15) is 0 Å². The lowest BCUT2D eigenvalue weighted by atomic mass is 10.3. The van der Waals surface area contributed by atoms with Crippen molar-refractivity contribution in [2.75, 3.05) is 6.54 Å². The number of non-ortho nitro benzene ring substituents is 1. The van der Waals surface area contributed by atoms with Crippen LogP contribution in [0.2, 0.25) is 0 Å². The van der Waals surface area contributed by atoms with Gasteiger partial charge in [-0.25, -0.2) is 17.5 Å². The van der Waals surface area contributed by atoms with Crippen molar-refractivity contribution in [1.82, 2.24) is 4.72 Å². The first-order valence-electron chi connectivity index (χ1n) is 5.21. The van der Waals surface area contributed by atoms with E-state index in [1.165, 1.54) is 0 Å². The van der Waals surface area contributed by atoms with E-state index >= 15 is 0 Å². The number of benzene rings is 1. The fourth-order valence-electron chi connectivity index (χ4n) is 1.26. The summed E-state index contributed by atoms with van der Waals surface area (Å²) in [4.78, 5) is 9.01. The maximum Gasteiger partial charge on any atom is 0.270 e. The average molecular weight is 286 g/mol. The van der Waals surface area contributed by atoms with Crippen LogP contribution < -0.4 is 4.72 Å². The zero-order valence-corrected chi connectivity index (χ0v) is 10.8. The average Bonchev–Trinajstić information content (AvgIpc) is 2.34. The van der Waals surface area contributed by atoms with E-state index in [1.807, 2.05) is 0 Å². The summed E-state index contributed by atoms with van der Waals surface area (Å²) < 4.78 is 39.1. The van der Waals surface area contributed by atoms with Crippen molar-refractivity contribution in [2.24, 2.45) is 0 Å². The van der Waals surface area contributed by atoms with Crippen molar-refractivity contribution < 1.29 is 17.7 Å². The van der Waals surface area contributed by atoms with Crippen molar-refractivity contribution in [3.05, 3.63) is 34.1 Å². The molecule has 19 heavy (non-hydrogen) atoms. The molecular formula is C11H11FN2O4S. The molecule has 0 bridgehead atoms. The zero-order chi connectivity index (χ0) is 14.5. The van der Waals surface area contributed by atoms with Crippen LogP contribution in [-0.4, -0.2) is 19.9 Å². The number of nitrogens with zero attached hydrogens (tertiary/aromatic N) is 1. The first-order valence-corrected chi connectivity index (χ1v) is 6.70. The highest BCUT2D eigenvalue weighted by Crippen LogP contribution is 2.20. The summed E-state index contributed by atoms with van der Waals surface area (Å²) >= 11 is 0. The maximum absolute atomic E-state index is 13.4. The summed E-state index contributed by atoms with van der Waals surface area (Å²) in [5.74, 6) is 4.18. The number of sulfonamides is 1. The number of halogens is 1. The lowest BCUT2D eigenvalue weighted by molar-refractivity contribution is -0.385. The second-order valence-corrected chi connectivity index (χ2v) is 5.18. The lowest BCUT2D eigenvalue weighted by Crippen LogP contribution is -2.25. The lowest BCUT2D eigenvalue weighted by Gasteiger charge is -2.06. The Balaban J connectivity index is 3.02. The molecule has 0 atom stereocenters. The normalized spacial score (nSPS) is 10.6. The van der Waals surface area contributed by atoms with Crippen LogP contribution in [0.5, 0.6) is 0 Å². The molecule has 0 saturated heterocycles. The molecule has 8 heteroatoms.